The molecule has 17 heavy (non-hydrogen) atoms. The summed E-state index contributed by atoms with van der Waals surface area (Å²) in [5.41, 5.74) is 6.36. The number of nitrogens with two attached hydrogens (primary N) is 1. The van der Waals surface area contributed by atoms with Crippen molar-refractivity contribution in [3.63, 3.8) is 0 Å². The SMILES string of the molecule is CC(C)C(CN)C(O)Cc1ccc(Cl)c(F)c1. The fourth-order valence-electron chi connectivity index (χ4n) is 1.93. The van der Waals surface area contributed by atoms with Crippen LogP contribution in [0.4, 0.5) is 4.39 Å². The van der Waals surface area contributed by atoms with E-state index >= 15 is 0 Å². The third-order valence-electron chi connectivity index (χ3n) is 3.05. The van der Waals surface area contributed by atoms with Gasteiger partial charge in [-0.1, -0.05) is 31.5 Å². The molecule has 4 heteroatoms. The largest absolute Gasteiger partial charge is 0.392 e. The van der Waals surface area contributed by atoms with Crippen molar-refractivity contribution in [2.75, 3.05) is 6.54 Å². The van der Waals surface area contributed by atoms with Crippen LogP contribution in [-0.2, 0) is 6.42 Å². The number of rotatable bonds is 5. The molecule has 1 rings (SSSR count). The van der Waals surface area contributed by atoms with Gasteiger partial charge in [0.25, 0.3) is 0 Å². The first-order valence-electron chi connectivity index (χ1n) is 5.77. The van der Waals surface area contributed by atoms with E-state index in [0.717, 1.165) is 5.56 Å². The zero-order valence-electron chi connectivity index (χ0n) is 10.2. The van der Waals surface area contributed by atoms with Gasteiger partial charge in [0.2, 0.25) is 0 Å². The molecule has 0 bridgehead atoms. The van der Waals surface area contributed by atoms with Gasteiger partial charge in [-0.05, 0) is 42.5 Å². The lowest BCUT2D eigenvalue weighted by Crippen LogP contribution is -2.33. The molecule has 2 unspecified atom stereocenters. The van der Waals surface area contributed by atoms with E-state index < -0.39 is 11.9 Å². The standard InChI is InChI=1S/C13H19ClFNO/c1-8(2)10(7-16)13(17)6-9-3-4-11(14)12(15)5-9/h3-5,8,10,13,17H,6-7,16H2,1-2H3. The maximum absolute atomic E-state index is 13.2. The van der Waals surface area contributed by atoms with Gasteiger partial charge in [-0.25, -0.2) is 4.39 Å². The van der Waals surface area contributed by atoms with Crippen molar-refractivity contribution in [2.24, 2.45) is 17.6 Å². The molecule has 0 aliphatic rings. The number of aliphatic hydroxyl groups excluding tert-OH is 1. The first kappa shape index (κ1) is 14.4. The van der Waals surface area contributed by atoms with E-state index in [1.54, 1.807) is 6.07 Å². The second-order valence-electron chi connectivity index (χ2n) is 4.66. The van der Waals surface area contributed by atoms with Gasteiger partial charge in [0.05, 0.1) is 11.1 Å². The summed E-state index contributed by atoms with van der Waals surface area (Å²) in [6, 6.07) is 4.59. The Morgan fingerprint density at radius 3 is 2.53 bits per heavy atom. The Hall–Kier alpha value is -0.640. The lowest BCUT2D eigenvalue weighted by atomic mass is 9.87. The predicted octanol–water partition coefficient (Wildman–Crippen LogP) is 2.61. The summed E-state index contributed by atoms with van der Waals surface area (Å²) in [5, 5.41) is 10.2. The maximum atomic E-state index is 13.2. The van der Waals surface area contributed by atoms with Crippen LogP contribution in [0.3, 0.4) is 0 Å². The van der Waals surface area contributed by atoms with Gasteiger partial charge in [0.1, 0.15) is 5.82 Å². The first-order valence-corrected chi connectivity index (χ1v) is 6.15. The predicted molar refractivity (Wildman–Crippen MR) is 68.5 cm³/mol. The molecule has 0 saturated heterocycles. The van der Waals surface area contributed by atoms with E-state index in [4.69, 9.17) is 17.3 Å². The van der Waals surface area contributed by atoms with Gasteiger partial charge in [-0.15, -0.1) is 0 Å². The van der Waals surface area contributed by atoms with E-state index in [9.17, 15) is 9.50 Å². The van der Waals surface area contributed by atoms with Crippen molar-refractivity contribution in [1.82, 2.24) is 0 Å². The molecular weight excluding hydrogens is 241 g/mol. The van der Waals surface area contributed by atoms with Crippen molar-refractivity contribution in [3.05, 3.63) is 34.6 Å². The highest BCUT2D eigenvalue weighted by atomic mass is 35.5. The lowest BCUT2D eigenvalue weighted by Gasteiger charge is -2.25. The Morgan fingerprint density at radius 1 is 1.41 bits per heavy atom. The molecule has 0 radical (unpaired) electrons. The summed E-state index contributed by atoms with van der Waals surface area (Å²) in [7, 11) is 0. The van der Waals surface area contributed by atoms with Crippen LogP contribution in [0.5, 0.6) is 0 Å². The van der Waals surface area contributed by atoms with Gasteiger partial charge in [-0.3, -0.25) is 0 Å². The minimum Gasteiger partial charge on any atom is -0.392 e. The number of benzene rings is 1. The first-order chi connectivity index (χ1) is 7.95. The Kier molecular flexibility index (Phi) is 5.37. The molecule has 1 aromatic carbocycles. The van der Waals surface area contributed by atoms with Crippen LogP contribution in [0.2, 0.25) is 5.02 Å². The molecule has 96 valence electrons. The summed E-state index contributed by atoms with van der Waals surface area (Å²) in [6.45, 7) is 4.46. The fourth-order valence-corrected chi connectivity index (χ4v) is 2.05. The van der Waals surface area contributed by atoms with Gasteiger partial charge < -0.3 is 10.8 Å². The number of hydrogen-bond donors (Lipinski definition) is 2. The van der Waals surface area contributed by atoms with E-state index in [-0.39, 0.29) is 10.9 Å². The molecule has 0 aliphatic carbocycles. The summed E-state index contributed by atoms with van der Waals surface area (Å²) < 4.78 is 13.2. The number of hydrogen-bond acceptors (Lipinski definition) is 2. The van der Waals surface area contributed by atoms with Crippen LogP contribution >= 0.6 is 11.6 Å². The van der Waals surface area contributed by atoms with Gasteiger partial charge in [-0.2, -0.15) is 0 Å². The molecule has 0 fully saturated rings. The molecule has 2 nitrogen and oxygen atoms in total. The molecule has 0 saturated carbocycles. The number of aliphatic hydroxyl groups is 1. The highest BCUT2D eigenvalue weighted by Gasteiger charge is 2.21. The van der Waals surface area contributed by atoms with Crippen LogP contribution in [0, 0.1) is 17.7 Å². The molecule has 0 spiro atoms. The third-order valence-corrected chi connectivity index (χ3v) is 3.36. The van der Waals surface area contributed by atoms with Gasteiger partial charge >= 0.3 is 0 Å². The molecule has 2 atom stereocenters. The van der Waals surface area contributed by atoms with Crippen molar-refractivity contribution in [1.29, 1.82) is 0 Å². The molecule has 0 aliphatic heterocycles. The second kappa shape index (κ2) is 6.34. The van der Waals surface area contributed by atoms with Crippen LogP contribution in [0.15, 0.2) is 18.2 Å². The summed E-state index contributed by atoms with van der Waals surface area (Å²) in [5.74, 6) is -0.133. The van der Waals surface area contributed by atoms with Crippen molar-refractivity contribution >= 4 is 11.6 Å². The van der Waals surface area contributed by atoms with Gasteiger partial charge in [0, 0.05) is 0 Å². The summed E-state index contributed by atoms with van der Waals surface area (Å²) in [4.78, 5) is 0. The zero-order valence-corrected chi connectivity index (χ0v) is 10.9. The summed E-state index contributed by atoms with van der Waals surface area (Å²) >= 11 is 5.60. The summed E-state index contributed by atoms with van der Waals surface area (Å²) in [6.07, 6.45) is -0.158. The highest BCUT2D eigenvalue weighted by Crippen LogP contribution is 2.20. The fraction of sp³-hybridized carbons (Fsp3) is 0.538. The number of halogens is 2. The average molecular weight is 260 g/mol. The minimum atomic E-state index is -0.555. The van der Waals surface area contributed by atoms with Crippen molar-refractivity contribution < 1.29 is 9.50 Å². The van der Waals surface area contributed by atoms with Crippen molar-refractivity contribution in [2.45, 2.75) is 26.4 Å². The van der Waals surface area contributed by atoms with E-state index in [1.807, 2.05) is 13.8 Å². The lowest BCUT2D eigenvalue weighted by molar-refractivity contribution is 0.0863. The molecule has 1 aromatic rings. The molecule has 0 amide bonds. The maximum Gasteiger partial charge on any atom is 0.142 e. The quantitative estimate of drug-likeness (QED) is 0.854. The monoisotopic (exact) mass is 259 g/mol. The van der Waals surface area contributed by atoms with Crippen LogP contribution in [0.25, 0.3) is 0 Å². The van der Waals surface area contributed by atoms with E-state index in [1.165, 1.54) is 12.1 Å². The van der Waals surface area contributed by atoms with Crippen molar-refractivity contribution in [3.8, 4) is 0 Å². The molecule has 0 aromatic heterocycles. The zero-order chi connectivity index (χ0) is 13.0. The topological polar surface area (TPSA) is 46.2 Å². The third kappa shape index (κ3) is 3.95. The molecule has 3 N–H and O–H groups in total. The molecular formula is C13H19ClFNO. The Bertz CT molecular complexity index is 370. The minimum absolute atomic E-state index is 0.0220. The highest BCUT2D eigenvalue weighted by molar-refractivity contribution is 6.30. The Labute approximate surface area is 107 Å². The normalized spacial score (nSPS) is 15.0. The van der Waals surface area contributed by atoms with Crippen LogP contribution in [0.1, 0.15) is 19.4 Å². The second-order valence-corrected chi connectivity index (χ2v) is 5.07. The van der Waals surface area contributed by atoms with E-state index in [0.29, 0.717) is 18.9 Å². The van der Waals surface area contributed by atoms with Crippen LogP contribution < -0.4 is 5.73 Å². The van der Waals surface area contributed by atoms with Gasteiger partial charge in [0.15, 0.2) is 0 Å². The Morgan fingerprint density at radius 2 is 2.06 bits per heavy atom. The molecule has 0 heterocycles. The average Bonchev–Trinajstić information content (AvgIpc) is 2.24. The van der Waals surface area contributed by atoms with E-state index in [2.05, 4.69) is 0 Å². The van der Waals surface area contributed by atoms with Crippen LogP contribution in [-0.4, -0.2) is 17.8 Å². The Balaban J connectivity index is 2.73. The smallest absolute Gasteiger partial charge is 0.142 e.